The number of aromatic nitrogens is 3. The summed E-state index contributed by atoms with van der Waals surface area (Å²) in [7, 11) is -3.68. The van der Waals surface area contributed by atoms with Crippen molar-refractivity contribution in [2.24, 2.45) is 0 Å². The topological polar surface area (TPSA) is 112 Å². The van der Waals surface area contributed by atoms with Gasteiger partial charge in [0, 0.05) is 0 Å². The van der Waals surface area contributed by atoms with E-state index >= 15 is 0 Å². The highest BCUT2D eigenvalue weighted by molar-refractivity contribution is 7.92. The van der Waals surface area contributed by atoms with Crippen LogP contribution in [-0.4, -0.2) is 23.6 Å². The minimum atomic E-state index is -3.68. The van der Waals surface area contributed by atoms with Gasteiger partial charge in [0.25, 0.3) is 10.0 Å². The Kier molecular flexibility index (Phi) is 3.25. The van der Waals surface area contributed by atoms with Crippen molar-refractivity contribution in [2.45, 2.75) is 11.3 Å². The maximum atomic E-state index is 11.9. The fourth-order valence-corrected chi connectivity index (χ4v) is 2.28. The summed E-state index contributed by atoms with van der Waals surface area (Å²) in [4.78, 5) is 3.77. The zero-order valence-electron chi connectivity index (χ0n) is 9.16. The molecule has 92 valence electrons. The summed E-state index contributed by atoms with van der Waals surface area (Å²) in [5.74, 6) is 0.0519. The minimum Gasteiger partial charge on any atom is -0.248 e. The molecule has 0 radical (unpaired) electrons. The van der Waals surface area contributed by atoms with E-state index in [9.17, 15) is 8.42 Å². The highest BCUT2D eigenvalue weighted by atomic mass is 32.2. The van der Waals surface area contributed by atoms with Crippen molar-refractivity contribution < 1.29 is 8.42 Å². The predicted octanol–water partition coefficient (Wildman–Crippen LogP) is 0.672. The number of nitriles is 1. The molecular weight excluding hydrogens is 254 g/mol. The number of sulfonamides is 1. The second kappa shape index (κ2) is 4.85. The second-order valence-corrected chi connectivity index (χ2v) is 5.10. The maximum absolute atomic E-state index is 11.9. The zero-order chi connectivity index (χ0) is 13.0. The number of rotatable bonds is 4. The van der Waals surface area contributed by atoms with E-state index in [1.807, 2.05) is 6.07 Å². The normalized spacial score (nSPS) is 10.8. The van der Waals surface area contributed by atoms with Crippen molar-refractivity contribution >= 4 is 16.0 Å². The molecule has 0 aliphatic carbocycles. The van der Waals surface area contributed by atoms with E-state index in [1.165, 1.54) is 18.5 Å². The van der Waals surface area contributed by atoms with Gasteiger partial charge in [0.15, 0.2) is 0 Å². The monoisotopic (exact) mass is 263 g/mol. The molecule has 1 aromatic heterocycles. The molecule has 1 aromatic carbocycles. The van der Waals surface area contributed by atoms with Crippen molar-refractivity contribution in [1.82, 2.24) is 15.2 Å². The Hall–Kier alpha value is -2.40. The van der Waals surface area contributed by atoms with Crippen molar-refractivity contribution in [3.8, 4) is 6.07 Å². The summed E-state index contributed by atoms with van der Waals surface area (Å²) in [6.45, 7) is 0. The Bertz CT molecular complexity index is 655. The molecule has 18 heavy (non-hydrogen) atoms. The van der Waals surface area contributed by atoms with Crippen LogP contribution in [-0.2, 0) is 16.4 Å². The smallest absolute Gasteiger partial charge is 0.248 e. The summed E-state index contributed by atoms with van der Waals surface area (Å²) < 4.78 is 26.1. The zero-order valence-corrected chi connectivity index (χ0v) is 9.98. The van der Waals surface area contributed by atoms with Crippen LogP contribution in [0.5, 0.6) is 0 Å². The molecule has 1 heterocycles. The third-order valence-corrected chi connectivity index (χ3v) is 3.52. The number of nitrogens with zero attached hydrogens (tertiary/aromatic N) is 3. The van der Waals surface area contributed by atoms with E-state index in [2.05, 4.69) is 19.9 Å². The first-order valence-electron chi connectivity index (χ1n) is 4.96. The molecule has 0 bridgehead atoms. The average molecular weight is 263 g/mol. The summed E-state index contributed by atoms with van der Waals surface area (Å²) in [5.41, 5.74) is 0.760. The lowest BCUT2D eigenvalue weighted by atomic mass is 10.2. The molecular formula is C10H9N5O2S. The summed E-state index contributed by atoms with van der Waals surface area (Å²) in [5, 5.41) is 14.5. The van der Waals surface area contributed by atoms with Crippen LogP contribution in [0.4, 0.5) is 5.95 Å². The fourth-order valence-electron chi connectivity index (χ4n) is 1.32. The Morgan fingerprint density at radius 2 is 2.06 bits per heavy atom. The van der Waals surface area contributed by atoms with Gasteiger partial charge in [-0.25, -0.2) is 18.2 Å². The molecule has 0 saturated heterocycles. The van der Waals surface area contributed by atoms with Gasteiger partial charge < -0.3 is 0 Å². The molecule has 0 fully saturated rings. The van der Waals surface area contributed by atoms with Crippen molar-refractivity contribution in [2.75, 3.05) is 4.72 Å². The Morgan fingerprint density at radius 1 is 1.33 bits per heavy atom. The van der Waals surface area contributed by atoms with Gasteiger partial charge in [-0.3, -0.25) is 0 Å². The van der Waals surface area contributed by atoms with Crippen molar-refractivity contribution in [3.05, 3.63) is 36.2 Å². The standard InChI is InChI=1S/C10H9N5O2S/c11-6-5-8-1-3-9(4-2-8)18(16,17)15-10-12-7-13-14-10/h1-4,7H,5H2,(H2,12,13,14,15). The minimum absolute atomic E-state index is 0.0519. The summed E-state index contributed by atoms with van der Waals surface area (Å²) >= 11 is 0. The molecule has 0 saturated carbocycles. The summed E-state index contributed by atoms with van der Waals surface area (Å²) in [6, 6.07) is 8.05. The first-order chi connectivity index (χ1) is 8.62. The molecule has 0 unspecified atom stereocenters. The maximum Gasteiger partial charge on any atom is 0.264 e. The number of benzene rings is 1. The summed E-state index contributed by atoms with van der Waals surface area (Å²) in [6.07, 6.45) is 1.45. The van der Waals surface area contributed by atoms with Crippen LogP contribution in [0.2, 0.25) is 0 Å². The van der Waals surface area contributed by atoms with Crippen molar-refractivity contribution in [3.63, 3.8) is 0 Å². The molecule has 0 spiro atoms. The van der Waals surface area contributed by atoms with Crippen LogP contribution >= 0.6 is 0 Å². The highest BCUT2D eigenvalue weighted by Gasteiger charge is 2.15. The van der Waals surface area contributed by atoms with Crippen molar-refractivity contribution in [1.29, 1.82) is 5.26 Å². The van der Waals surface area contributed by atoms with Crippen LogP contribution in [0.1, 0.15) is 5.56 Å². The molecule has 2 N–H and O–H groups in total. The number of H-pyrrole nitrogens is 1. The van der Waals surface area contributed by atoms with E-state index in [1.54, 1.807) is 12.1 Å². The van der Waals surface area contributed by atoms with Crippen LogP contribution in [0, 0.1) is 11.3 Å². The number of hydrogen-bond donors (Lipinski definition) is 2. The van der Waals surface area contributed by atoms with Gasteiger partial charge in [-0.2, -0.15) is 15.3 Å². The second-order valence-electron chi connectivity index (χ2n) is 3.42. The van der Waals surface area contributed by atoms with Gasteiger partial charge in [0.1, 0.15) is 6.33 Å². The van der Waals surface area contributed by atoms with E-state index in [4.69, 9.17) is 5.26 Å². The SMILES string of the molecule is N#CCc1ccc(S(=O)(=O)Nc2ncn[nH]2)cc1. The molecule has 0 atom stereocenters. The first-order valence-corrected chi connectivity index (χ1v) is 6.44. The molecule has 2 rings (SSSR count). The third kappa shape index (κ3) is 2.64. The van der Waals surface area contributed by atoms with Gasteiger partial charge in [0.2, 0.25) is 5.95 Å². The van der Waals surface area contributed by atoms with E-state index in [0.29, 0.717) is 0 Å². The van der Waals surface area contributed by atoms with Gasteiger partial charge >= 0.3 is 0 Å². The average Bonchev–Trinajstić information content (AvgIpc) is 2.82. The Balaban J connectivity index is 2.22. The molecule has 0 aliphatic heterocycles. The lowest BCUT2D eigenvalue weighted by Crippen LogP contribution is -2.13. The fraction of sp³-hybridized carbons (Fsp3) is 0.100. The molecule has 7 nitrogen and oxygen atoms in total. The van der Waals surface area contributed by atoms with Gasteiger partial charge in [0.05, 0.1) is 17.4 Å². The number of hydrogen-bond acceptors (Lipinski definition) is 5. The third-order valence-electron chi connectivity index (χ3n) is 2.16. The van der Waals surface area contributed by atoms with Gasteiger partial charge in [-0.1, -0.05) is 12.1 Å². The van der Waals surface area contributed by atoms with Crippen LogP contribution < -0.4 is 4.72 Å². The van der Waals surface area contributed by atoms with E-state index in [0.717, 1.165) is 5.56 Å². The Morgan fingerprint density at radius 3 is 2.61 bits per heavy atom. The Labute approximate surface area is 104 Å². The molecule has 0 aliphatic rings. The molecule has 8 heteroatoms. The lowest BCUT2D eigenvalue weighted by molar-refractivity contribution is 0.601. The lowest BCUT2D eigenvalue weighted by Gasteiger charge is -2.05. The number of nitrogens with one attached hydrogen (secondary N) is 2. The van der Waals surface area contributed by atoms with Crippen LogP contribution in [0.25, 0.3) is 0 Å². The van der Waals surface area contributed by atoms with Crippen LogP contribution in [0.3, 0.4) is 0 Å². The number of aromatic amines is 1. The number of anilines is 1. The first kappa shape index (κ1) is 12.1. The molecule has 0 amide bonds. The van der Waals surface area contributed by atoms with Crippen LogP contribution in [0.15, 0.2) is 35.5 Å². The van der Waals surface area contributed by atoms with Gasteiger partial charge in [-0.15, -0.1) is 0 Å². The largest absolute Gasteiger partial charge is 0.264 e. The van der Waals surface area contributed by atoms with E-state index < -0.39 is 10.0 Å². The van der Waals surface area contributed by atoms with Gasteiger partial charge in [-0.05, 0) is 17.7 Å². The quantitative estimate of drug-likeness (QED) is 0.842. The van der Waals surface area contributed by atoms with E-state index in [-0.39, 0.29) is 17.3 Å². The molecule has 2 aromatic rings. The highest BCUT2D eigenvalue weighted by Crippen LogP contribution is 2.13. The predicted molar refractivity (Wildman–Crippen MR) is 63.0 cm³/mol.